The summed E-state index contributed by atoms with van der Waals surface area (Å²) >= 11 is 12.2. The number of fused-ring (bicyclic) bond motifs is 1. The zero-order valence-electron chi connectivity index (χ0n) is 11.0. The van der Waals surface area contributed by atoms with E-state index < -0.39 is 0 Å². The first kappa shape index (κ1) is 13.5. The third-order valence-corrected chi connectivity index (χ3v) is 4.70. The number of piperidine rings is 1. The van der Waals surface area contributed by atoms with Gasteiger partial charge < -0.3 is 4.74 Å². The summed E-state index contributed by atoms with van der Waals surface area (Å²) in [7, 11) is 0. The normalized spacial score (nSPS) is 23.2. The second-order valence-electron chi connectivity index (χ2n) is 5.55. The van der Waals surface area contributed by atoms with Gasteiger partial charge in [0, 0.05) is 36.0 Å². The Morgan fingerprint density at radius 1 is 1.37 bits per heavy atom. The van der Waals surface area contributed by atoms with Gasteiger partial charge in [-0.2, -0.15) is 0 Å². The van der Waals surface area contributed by atoms with E-state index in [9.17, 15) is 0 Å². The minimum Gasteiger partial charge on any atom is -0.493 e. The van der Waals surface area contributed by atoms with Gasteiger partial charge in [-0.05, 0) is 43.0 Å². The Labute approximate surface area is 124 Å². The minimum atomic E-state index is 0.628. The average molecular weight is 300 g/mol. The molecule has 0 bridgehead atoms. The van der Waals surface area contributed by atoms with Gasteiger partial charge in [0.1, 0.15) is 5.75 Å². The number of alkyl halides is 1. The summed E-state index contributed by atoms with van der Waals surface area (Å²) in [6.45, 7) is 3.95. The quantitative estimate of drug-likeness (QED) is 0.789. The Morgan fingerprint density at radius 3 is 3.11 bits per heavy atom. The standard InChI is InChI=1S/C15H19Cl2NO/c16-8-11-2-1-4-18(9-11)10-13-7-14(17)6-12-3-5-19-15(12)13/h6-7,11H,1-5,8-10H2. The molecule has 1 aromatic carbocycles. The number of hydrogen-bond acceptors (Lipinski definition) is 2. The van der Waals surface area contributed by atoms with Gasteiger partial charge in [-0.25, -0.2) is 0 Å². The molecule has 0 aromatic heterocycles. The first-order chi connectivity index (χ1) is 9.26. The molecule has 1 aromatic rings. The molecule has 0 radical (unpaired) electrons. The van der Waals surface area contributed by atoms with E-state index >= 15 is 0 Å². The van der Waals surface area contributed by atoms with Crippen molar-refractivity contribution in [2.24, 2.45) is 5.92 Å². The van der Waals surface area contributed by atoms with Crippen LogP contribution >= 0.6 is 23.2 Å². The van der Waals surface area contributed by atoms with Gasteiger partial charge in [-0.15, -0.1) is 11.6 Å². The molecule has 0 amide bonds. The zero-order valence-corrected chi connectivity index (χ0v) is 12.5. The van der Waals surface area contributed by atoms with E-state index in [1.807, 2.05) is 6.07 Å². The molecule has 104 valence electrons. The molecule has 2 aliphatic heterocycles. The minimum absolute atomic E-state index is 0.628. The molecular formula is C15H19Cl2NO. The zero-order chi connectivity index (χ0) is 13.2. The second kappa shape index (κ2) is 5.90. The molecule has 1 atom stereocenters. The lowest BCUT2D eigenvalue weighted by Gasteiger charge is -2.32. The highest BCUT2D eigenvalue weighted by Crippen LogP contribution is 2.34. The van der Waals surface area contributed by atoms with E-state index in [1.54, 1.807) is 0 Å². The summed E-state index contributed by atoms with van der Waals surface area (Å²) in [4.78, 5) is 2.48. The van der Waals surface area contributed by atoms with Gasteiger partial charge in [0.25, 0.3) is 0 Å². The average Bonchev–Trinajstić information content (AvgIpc) is 2.87. The van der Waals surface area contributed by atoms with Crippen LogP contribution in [0.25, 0.3) is 0 Å². The highest BCUT2D eigenvalue weighted by atomic mass is 35.5. The molecule has 19 heavy (non-hydrogen) atoms. The Kier molecular flexibility index (Phi) is 4.21. The molecule has 4 heteroatoms. The summed E-state index contributed by atoms with van der Waals surface area (Å²) in [6, 6.07) is 4.08. The van der Waals surface area contributed by atoms with Crippen LogP contribution < -0.4 is 4.74 Å². The largest absolute Gasteiger partial charge is 0.493 e. The van der Waals surface area contributed by atoms with Crippen molar-refractivity contribution in [1.82, 2.24) is 4.90 Å². The number of ether oxygens (including phenoxy) is 1. The van der Waals surface area contributed by atoms with Crippen molar-refractivity contribution in [3.05, 3.63) is 28.3 Å². The van der Waals surface area contributed by atoms with E-state index in [0.717, 1.165) is 49.3 Å². The highest BCUT2D eigenvalue weighted by Gasteiger charge is 2.23. The SMILES string of the molecule is ClCC1CCCN(Cc2cc(Cl)cc3c2OCC3)C1. The lowest BCUT2D eigenvalue weighted by atomic mass is 9.99. The van der Waals surface area contributed by atoms with Crippen molar-refractivity contribution in [3.8, 4) is 5.75 Å². The van der Waals surface area contributed by atoms with Crippen molar-refractivity contribution in [2.45, 2.75) is 25.8 Å². The molecule has 1 saturated heterocycles. The van der Waals surface area contributed by atoms with Crippen LogP contribution in [-0.4, -0.2) is 30.5 Å². The van der Waals surface area contributed by atoms with Gasteiger partial charge in [-0.1, -0.05) is 11.6 Å². The van der Waals surface area contributed by atoms with Crippen LogP contribution in [0.15, 0.2) is 12.1 Å². The maximum Gasteiger partial charge on any atom is 0.127 e. The van der Waals surface area contributed by atoms with Gasteiger partial charge >= 0.3 is 0 Å². The van der Waals surface area contributed by atoms with Crippen molar-refractivity contribution in [2.75, 3.05) is 25.6 Å². The fourth-order valence-electron chi connectivity index (χ4n) is 3.13. The first-order valence-corrected chi connectivity index (χ1v) is 7.90. The first-order valence-electron chi connectivity index (χ1n) is 6.98. The van der Waals surface area contributed by atoms with E-state index in [-0.39, 0.29) is 0 Å². The van der Waals surface area contributed by atoms with Crippen molar-refractivity contribution in [3.63, 3.8) is 0 Å². The predicted octanol–water partition coefficient (Wildman–Crippen LogP) is 3.73. The lowest BCUT2D eigenvalue weighted by Crippen LogP contribution is -2.35. The van der Waals surface area contributed by atoms with E-state index in [2.05, 4.69) is 11.0 Å². The number of benzene rings is 1. The molecule has 1 unspecified atom stereocenters. The summed E-state index contributed by atoms with van der Waals surface area (Å²) < 4.78 is 5.77. The van der Waals surface area contributed by atoms with Crippen LogP contribution in [0.4, 0.5) is 0 Å². The summed E-state index contributed by atoms with van der Waals surface area (Å²) in [5.41, 5.74) is 2.49. The monoisotopic (exact) mass is 299 g/mol. The van der Waals surface area contributed by atoms with Crippen LogP contribution in [-0.2, 0) is 13.0 Å². The highest BCUT2D eigenvalue weighted by molar-refractivity contribution is 6.30. The molecule has 2 heterocycles. The molecule has 1 fully saturated rings. The smallest absolute Gasteiger partial charge is 0.127 e. The fourth-order valence-corrected chi connectivity index (χ4v) is 3.64. The Bertz CT molecular complexity index is 464. The maximum absolute atomic E-state index is 6.21. The van der Waals surface area contributed by atoms with Crippen LogP contribution in [0.3, 0.4) is 0 Å². The second-order valence-corrected chi connectivity index (χ2v) is 6.29. The number of rotatable bonds is 3. The molecule has 0 spiro atoms. The van der Waals surface area contributed by atoms with Gasteiger partial charge in [0.05, 0.1) is 6.61 Å². The van der Waals surface area contributed by atoms with Gasteiger partial charge in [-0.3, -0.25) is 4.90 Å². The van der Waals surface area contributed by atoms with E-state index in [4.69, 9.17) is 27.9 Å². The number of halogens is 2. The van der Waals surface area contributed by atoms with Gasteiger partial charge in [0.2, 0.25) is 0 Å². The molecule has 0 N–H and O–H groups in total. The van der Waals surface area contributed by atoms with Crippen molar-refractivity contribution >= 4 is 23.2 Å². The summed E-state index contributed by atoms with van der Waals surface area (Å²) in [6.07, 6.45) is 3.47. The predicted molar refractivity (Wildman–Crippen MR) is 79.4 cm³/mol. The third kappa shape index (κ3) is 3.01. The van der Waals surface area contributed by atoms with Crippen LogP contribution in [0.1, 0.15) is 24.0 Å². The van der Waals surface area contributed by atoms with Crippen molar-refractivity contribution < 1.29 is 4.74 Å². The van der Waals surface area contributed by atoms with Crippen LogP contribution in [0, 0.1) is 5.92 Å². The summed E-state index contributed by atoms with van der Waals surface area (Å²) in [5.74, 6) is 2.46. The summed E-state index contributed by atoms with van der Waals surface area (Å²) in [5, 5.41) is 0.824. The Morgan fingerprint density at radius 2 is 2.26 bits per heavy atom. The molecule has 0 aliphatic carbocycles. The maximum atomic E-state index is 6.21. The van der Waals surface area contributed by atoms with Crippen LogP contribution in [0.5, 0.6) is 5.75 Å². The molecular weight excluding hydrogens is 281 g/mol. The molecule has 3 rings (SSSR count). The molecule has 2 aliphatic rings. The van der Waals surface area contributed by atoms with Crippen LogP contribution in [0.2, 0.25) is 5.02 Å². The molecule has 2 nitrogen and oxygen atoms in total. The number of nitrogens with zero attached hydrogens (tertiary/aromatic N) is 1. The Balaban J connectivity index is 1.76. The topological polar surface area (TPSA) is 12.5 Å². The number of hydrogen-bond donors (Lipinski definition) is 0. The Hall–Kier alpha value is -0.440. The lowest BCUT2D eigenvalue weighted by molar-refractivity contribution is 0.176. The fraction of sp³-hybridized carbons (Fsp3) is 0.600. The van der Waals surface area contributed by atoms with E-state index in [1.165, 1.54) is 24.0 Å². The molecule has 0 saturated carbocycles. The number of likely N-dealkylation sites (tertiary alicyclic amines) is 1. The van der Waals surface area contributed by atoms with E-state index in [0.29, 0.717) is 5.92 Å². The van der Waals surface area contributed by atoms with Crippen molar-refractivity contribution in [1.29, 1.82) is 0 Å². The third-order valence-electron chi connectivity index (χ3n) is 4.04. The van der Waals surface area contributed by atoms with Gasteiger partial charge in [0.15, 0.2) is 0 Å².